The Morgan fingerprint density at radius 3 is 2.75 bits per heavy atom. The summed E-state index contributed by atoms with van der Waals surface area (Å²) >= 11 is 0. The first-order valence-corrected chi connectivity index (χ1v) is 5.39. The van der Waals surface area contributed by atoms with Gasteiger partial charge in [0.1, 0.15) is 0 Å². The van der Waals surface area contributed by atoms with E-state index in [1.165, 1.54) is 5.56 Å². The molecule has 3 nitrogen and oxygen atoms in total. The van der Waals surface area contributed by atoms with Gasteiger partial charge in [-0.3, -0.25) is 0 Å². The van der Waals surface area contributed by atoms with Crippen molar-refractivity contribution >= 4 is 12.4 Å². The lowest BCUT2D eigenvalue weighted by atomic mass is 10.0. The van der Waals surface area contributed by atoms with E-state index in [1.807, 2.05) is 13.1 Å². The van der Waals surface area contributed by atoms with Crippen LogP contribution >= 0.6 is 12.4 Å². The molecular formula is C12H18ClNO2. The molecule has 90 valence electrons. The van der Waals surface area contributed by atoms with Crippen LogP contribution in [0.15, 0.2) is 18.2 Å². The maximum atomic E-state index is 5.35. The van der Waals surface area contributed by atoms with Crippen molar-refractivity contribution < 1.29 is 9.47 Å². The van der Waals surface area contributed by atoms with E-state index in [0.29, 0.717) is 12.8 Å². The smallest absolute Gasteiger partial charge is 0.231 e. The van der Waals surface area contributed by atoms with Crippen molar-refractivity contribution in [2.45, 2.75) is 25.8 Å². The van der Waals surface area contributed by atoms with Crippen LogP contribution in [0.5, 0.6) is 11.5 Å². The third kappa shape index (κ3) is 2.80. The molecule has 1 heterocycles. The standard InChI is InChI=1S/C12H17NO2.ClH/c1-3-10(13-2)6-9-4-5-11-12(7-9)15-8-14-11;/h4-5,7,10,13H,3,6,8H2,1-2H3;1H/t10-;/m1./s1. The van der Waals surface area contributed by atoms with Gasteiger partial charge in [0.2, 0.25) is 6.79 Å². The van der Waals surface area contributed by atoms with Crippen molar-refractivity contribution in [2.75, 3.05) is 13.8 Å². The molecular weight excluding hydrogens is 226 g/mol. The highest BCUT2D eigenvalue weighted by Gasteiger charge is 2.14. The zero-order chi connectivity index (χ0) is 10.7. The van der Waals surface area contributed by atoms with E-state index in [2.05, 4.69) is 24.4 Å². The van der Waals surface area contributed by atoms with Crippen LogP contribution in [0.3, 0.4) is 0 Å². The minimum atomic E-state index is 0. The Kier molecular flexibility index (Phi) is 4.90. The summed E-state index contributed by atoms with van der Waals surface area (Å²) in [6.07, 6.45) is 2.16. The Morgan fingerprint density at radius 2 is 2.06 bits per heavy atom. The lowest BCUT2D eigenvalue weighted by molar-refractivity contribution is 0.174. The number of hydrogen-bond donors (Lipinski definition) is 1. The molecule has 0 bridgehead atoms. The van der Waals surface area contributed by atoms with Gasteiger partial charge in [0.25, 0.3) is 0 Å². The Bertz CT molecular complexity index is 340. The highest BCUT2D eigenvalue weighted by molar-refractivity contribution is 5.85. The van der Waals surface area contributed by atoms with E-state index in [9.17, 15) is 0 Å². The summed E-state index contributed by atoms with van der Waals surface area (Å²) in [7, 11) is 2.00. The first-order chi connectivity index (χ1) is 7.33. The average Bonchev–Trinajstić information content (AvgIpc) is 2.73. The van der Waals surface area contributed by atoms with E-state index >= 15 is 0 Å². The van der Waals surface area contributed by atoms with Crippen molar-refractivity contribution in [3.63, 3.8) is 0 Å². The van der Waals surface area contributed by atoms with Crippen LogP contribution < -0.4 is 14.8 Å². The molecule has 1 aliphatic rings. The summed E-state index contributed by atoms with van der Waals surface area (Å²) in [4.78, 5) is 0. The van der Waals surface area contributed by atoms with Gasteiger partial charge >= 0.3 is 0 Å². The molecule has 1 atom stereocenters. The van der Waals surface area contributed by atoms with Gasteiger partial charge < -0.3 is 14.8 Å². The Balaban J connectivity index is 0.00000128. The number of hydrogen-bond acceptors (Lipinski definition) is 3. The number of halogens is 1. The van der Waals surface area contributed by atoms with Gasteiger partial charge in [0, 0.05) is 6.04 Å². The summed E-state index contributed by atoms with van der Waals surface area (Å²) in [6, 6.07) is 6.70. The van der Waals surface area contributed by atoms with Gasteiger partial charge in [-0.2, -0.15) is 0 Å². The molecule has 16 heavy (non-hydrogen) atoms. The number of rotatable bonds is 4. The fraction of sp³-hybridized carbons (Fsp3) is 0.500. The molecule has 0 fully saturated rings. The molecule has 0 radical (unpaired) electrons. The largest absolute Gasteiger partial charge is 0.454 e. The molecule has 0 spiro atoms. The number of nitrogens with one attached hydrogen (secondary N) is 1. The van der Waals surface area contributed by atoms with Crippen LogP contribution in [0.1, 0.15) is 18.9 Å². The van der Waals surface area contributed by atoms with Crippen molar-refractivity contribution in [1.82, 2.24) is 5.32 Å². The normalized spacial score (nSPS) is 14.4. The molecule has 4 heteroatoms. The lowest BCUT2D eigenvalue weighted by Crippen LogP contribution is -2.26. The van der Waals surface area contributed by atoms with Crippen LogP contribution in [-0.4, -0.2) is 19.9 Å². The minimum Gasteiger partial charge on any atom is -0.454 e. The zero-order valence-electron chi connectivity index (χ0n) is 9.66. The van der Waals surface area contributed by atoms with E-state index < -0.39 is 0 Å². The quantitative estimate of drug-likeness (QED) is 0.881. The number of likely N-dealkylation sites (N-methyl/N-ethyl adjacent to an activating group) is 1. The molecule has 1 aromatic rings. The third-order valence-corrected chi connectivity index (χ3v) is 2.82. The molecule has 0 amide bonds. The number of fused-ring (bicyclic) bond motifs is 1. The Labute approximate surface area is 103 Å². The first-order valence-electron chi connectivity index (χ1n) is 5.39. The van der Waals surface area contributed by atoms with E-state index in [4.69, 9.17) is 9.47 Å². The predicted molar refractivity (Wildman–Crippen MR) is 66.7 cm³/mol. The van der Waals surface area contributed by atoms with Crippen molar-refractivity contribution in [1.29, 1.82) is 0 Å². The molecule has 0 saturated heterocycles. The van der Waals surface area contributed by atoms with Crippen LogP contribution in [0, 0.1) is 0 Å². The van der Waals surface area contributed by atoms with Crippen LogP contribution in [0.4, 0.5) is 0 Å². The molecule has 1 aromatic carbocycles. The third-order valence-electron chi connectivity index (χ3n) is 2.82. The zero-order valence-corrected chi connectivity index (χ0v) is 10.5. The lowest BCUT2D eigenvalue weighted by Gasteiger charge is -2.13. The molecule has 0 aliphatic carbocycles. The molecule has 2 rings (SSSR count). The van der Waals surface area contributed by atoms with Crippen LogP contribution in [0.2, 0.25) is 0 Å². The van der Waals surface area contributed by atoms with Crippen molar-refractivity contribution in [2.24, 2.45) is 0 Å². The maximum absolute atomic E-state index is 5.35. The van der Waals surface area contributed by atoms with Crippen molar-refractivity contribution in [3.05, 3.63) is 23.8 Å². The van der Waals surface area contributed by atoms with Crippen LogP contribution in [-0.2, 0) is 6.42 Å². The number of benzene rings is 1. The van der Waals surface area contributed by atoms with Crippen LogP contribution in [0.25, 0.3) is 0 Å². The maximum Gasteiger partial charge on any atom is 0.231 e. The molecule has 0 aromatic heterocycles. The summed E-state index contributed by atoms with van der Waals surface area (Å²) < 4.78 is 10.6. The van der Waals surface area contributed by atoms with Gasteiger partial charge in [0.15, 0.2) is 11.5 Å². The van der Waals surface area contributed by atoms with Gasteiger partial charge in [-0.05, 0) is 37.6 Å². The topological polar surface area (TPSA) is 30.5 Å². The van der Waals surface area contributed by atoms with Crippen molar-refractivity contribution in [3.8, 4) is 11.5 Å². The summed E-state index contributed by atoms with van der Waals surface area (Å²) in [5.74, 6) is 1.73. The first kappa shape index (κ1) is 13.1. The highest BCUT2D eigenvalue weighted by atomic mass is 35.5. The SMILES string of the molecule is CC[C@H](Cc1ccc2c(c1)OCO2)NC.Cl. The van der Waals surface area contributed by atoms with E-state index in [-0.39, 0.29) is 12.4 Å². The minimum absolute atomic E-state index is 0. The summed E-state index contributed by atoms with van der Waals surface area (Å²) in [5.41, 5.74) is 1.29. The predicted octanol–water partition coefficient (Wildman–Crippen LogP) is 2.38. The Morgan fingerprint density at radius 1 is 1.31 bits per heavy atom. The monoisotopic (exact) mass is 243 g/mol. The van der Waals surface area contributed by atoms with E-state index in [0.717, 1.165) is 24.3 Å². The summed E-state index contributed by atoms with van der Waals surface area (Å²) in [6.45, 7) is 2.54. The van der Waals surface area contributed by atoms with Gasteiger partial charge in [0.05, 0.1) is 0 Å². The second-order valence-electron chi connectivity index (χ2n) is 3.79. The Hall–Kier alpha value is -0.930. The highest BCUT2D eigenvalue weighted by Crippen LogP contribution is 2.32. The molecule has 1 aliphatic heterocycles. The van der Waals surface area contributed by atoms with Gasteiger partial charge in [-0.15, -0.1) is 12.4 Å². The van der Waals surface area contributed by atoms with Gasteiger partial charge in [-0.25, -0.2) is 0 Å². The fourth-order valence-corrected chi connectivity index (χ4v) is 1.80. The second kappa shape index (κ2) is 5.97. The van der Waals surface area contributed by atoms with Gasteiger partial charge in [-0.1, -0.05) is 13.0 Å². The second-order valence-corrected chi connectivity index (χ2v) is 3.79. The number of ether oxygens (including phenoxy) is 2. The average molecular weight is 244 g/mol. The molecule has 0 saturated carbocycles. The molecule has 0 unspecified atom stereocenters. The fourth-order valence-electron chi connectivity index (χ4n) is 1.80. The summed E-state index contributed by atoms with van der Waals surface area (Å²) in [5, 5.41) is 3.30. The van der Waals surface area contributed by atoms with E-state index in [1.54, 1.807) is 0 Å². The molecule has 1 N–H and O–H groups in total.